The average molecular weight is 255 g/mol. The first-order valence-electron chi connectivity index (χ1n) is 6.77. The lowest BCUT2D eigenvalue weighted by molar-refractivity contribution is 0.165. The zero-order valence-corrected chi connectivity index (χ0v) is 11.6. The molecule has 1 unspecified atom stereocenters. The van der Waals surface area contributed by atoms with E-state index in [4.69, 9.17) is 0 Å². The van der Waals surface area contributed by atoms with Crippen molar-refractivity contribution in [3.05, 3.63) is 65.0 Å². The molecule has 0 aliphatic rings. The van der Waals surface area contributed by atoms with Crippen LogP contribution in [0.2, 0.25) is 0 Å². The topological polar surface area (TPSA) is 33.1 Å². The number of aromatic nitrogens is 1. The summed E-state index contributed by atoms with van der Waals surface area (Å²) >= 11 is 0. The van der Waals surface area contributed by atoms with Crippen LogP contribution in [0.15, 0.2) is 42.7 Å². The van der Waals surface area contributed by atoms with E-state index in [-0.39, 0.29) is 6.10 Å². The summed E-state index contributed by atoms with van der Waals surface area (Å²) in [5.41, 5.74) is 4.97. The molecule has 0 fully saturated rings. The quantitative estimate of drug-likeness (QED) is 0.889. The highest BCUT2D eigenvalue weighted by molar-refractivity contribution is 5.29. The molecule has 2 rings (SSSR count). The fourth-order valence-corrected chi connectivity index (χ4v) is 2.44. The van der Waals surface area contributed by atoms with Gasteiger partial charge in [-0.2, -0.15) is 0 Å². The van der Waals surface area contributed by atoms with Gasteiger partial charge in [-0.25, -0.2) is 0 Å². The molecular weight excluding hydrogens is 234 g/mol. The number of aliphatic hydroxyl groups is 1. The van der Waals surface area contributed by atoms with Crippen molar-refractivity contribution in [2.45, 2.75) is 39.2 Å². The predicted molar refractivity (Wildman–Crippen MR) is 78.2 cm³/mol. The fourth-order valence-electron chi connectivity index (χ4n) is 2.44. The number of aryl methyl sites for hydroxylation is 3. The molecule has 0 radical (unpaired) electrons. The Morgan fingerprint density at radius 1 is 1.00 bits per heavy atom. The predicted octanol–water partition coefficient (Wildman–Crippen LogP) is 3.23. The van der Waals surface area contributed by atoms with Crippen molar-refractivity contribution in [2.75, 3.05) is 0 Å². The number of nitrogens with zero attached hydrogens (tertiary/aromatic N) is 1. The van der Waals surface area contributed by atoms with Crippen LogP contribution in [0.1, 0.15) is 28.7 Å². The normalized spacial score (nSPS) is 12.4. The fraction of sp³-hybridized carbons (Fsp3) is 0.353. The molecule has 0 amide bonds. The molecule has 2 aromatic rings. The van der Waals surface area contributed by atoms with Crippen molar-refractivity contribution in [2.24, 2.45) is 0 Å². The lowest BCUT2D eigenvalue weighted by Gasteiger charge is -2.12. The highest BCUT2D eigenvalue weighted by Crippen LogP contribution is 2.13. The summed E-state index contributed by atoms with van der Waals surface area (Å²) in [4.78, 5) is 4.00. The lowest BCUT2D eigenvalue weighted by atomic mass is 9.99. The Balaban J connectivity index is 1.89. The second-order valence-corrected chi connectivity index (χ2v) is 5.25. The summed E-state index contributed by atoms with van der Waals surface area (Å²) in [5.74, 6) is 0. The van der Waals surface area contributed by atoms with Gasteiger partial charge in [0.15, 0.2) is 0 Å². The molecule has 19 heavy (non-hydrogen) atoms. The number of hydrogen-bond donors (Lipinski definition) is 1. The molecule has 2 nitrogen and oxygen atoms in total. The van der Waals surface area contributed by atoms with Crippen LogP contribution < -0.4 is 0 Å². The van der Waals surface area contributed by atoms with E-state index in [2.05, 4.69) is 37.0 Å². The second kappa shape index (κ2) is 6.48. The molecule has 1 heterocycles. The van der Waals surface area contributed by atoms with Gasteiger partial charge in [0.1, 0.15) is 0 Å². The Kier molecular flexibility index (Phi) is 4.69. The molecule has 0 saturated carbocycles. The Morgan fingerprint density at radius 2 is 1.63 bits per heavy atom. The summed E-state index contributed by atoms with van der Waals surface area (Å²) < 4.78 is 0. The van der Waals surface area contributed by atoms with Gasteiger partial charge in [0.05, 0.1) is 6.10 Å². The molecule has 2 heteroatoms. The first-order valence-corrected chi connectivity index (χ1v) is 6.77. The molecule has 1 atom stereocenters. The van der Waals surface area contributed by atoms with Crippen molar-refractivity contribution < 1.29 is 5.11 Å². The summed E-state index contributed by atoms with van der Waals surface area (Å²) in [6.45, 7) is 4.19. The van der Waals surface area contributed by atoms with Gasteiger partial charge in [0, 0.05) is 12.4 Å². The minimum absolute atomic E-state index is 0.283. The minimum Gasteiger partial charge on any atom is -0.393 e. The zero-order valence-electron chi connectivity index (χ0n) is 11.6. The van der Waals surface area contributed by atoms with Gasteiger partial charge in [0.25, 0.3) is 0 Å². The smallest absolute Gasteiger partial charge is 0.0583 e. The number of aliphatic hydroxyl groups excluding tert-OH is 1. The van der Waals surface area contributed by atoms with Gasteiger partial charge >= 0.3 is 0 Å². The van der Waals surface area contributed by atoms with Gasteiger partial charge in [-0.05, 0) is 56.4 Å². The summed E-state index contributed by atoms with van der Waals surface area (Å²) in [6.07, 6.45) is 5.73. The third kappa shape index (κ3) is 4.49. The van der Waals surface area contributed by atoms with Crippen LogP contribution in [0.5, 0.6) is 0 Å². The SMILES string of the molecule is Cc1cc(C)cc(CC(O)CCc2ccncc2)c1. The third-order valence-corrected chi connectivity index (χ3v) is 3.27. The first-order chi connectivity index (χ1) is 9.13. The molecule has 0 bridgehead atoms. The van der Waals surface area contributed by atoms with E-state index in [1.807, 2.05) is 12.1 Å². The van der Waals surface area contributed by atoms with Crippen LogP contribution in [0.4, 0.5) is 0 Å². The molecule has 0 saturated heterocycles. The lowest BCUT2D eigenvalue weighted by Crippen LogP contribution is -2.12. The standard InChI is InChI=1S/C17H21NO/c1-13-9-14(2)11-16(10-13)12-17(19)4-3-15-5-7-18-8-6-15/h5-11,17,19H,3-4,12H2,1-2H3. The Morgan fingerprint density at radius 3 is 2.26 bits per heavy atom. The molecule has 1 aromatic carbocycles. The van der Waals surface area contributed by atoms with Gasteiger partial charge in [-0.3, -0.25) is 4.98 Å². The van der Waals surface area contributed by atoms with E-state index in [9.17, 15) is 5.11 Å². The number of rotatable bonds is 5. The van der Waals surface area contributed by atoms with E-state index in [0.29, 0.717) is 0 Å². The maximum absolute atomic E-state index is 10.1. The van der Waals surface area contributed by atoms with E-state index < -0.39 is 0 Å². The monoisotopic (exact) mass is 255 g/mol. The average Bonchev–Trinajstić information content (AvgIpc) is 2.36. The van der Waals surface area contributed by atoms with Crippen LogP contribution >= 0.6 is 0 Å². The maximum Gasteiger partial charge on any atom is 0.0583 e. The number of benzene rings is 1. The number of hydrogen-bond acceptors (Lipinski definition) is 2. The van der Waals surface area contributed by atoms with Gasteiger partial charge < -0.3 is 5.11 Å². The third-order valence-electron chi connectivity index (χ3n) is 3.27. The van der Waals surface area contributed by atoms with Crippen molar-refractivity contribution in [3.8, 4) is 0 Å². The van der Waals surface area contributed by atoms with Crippen molar-refractivity contribution in [1.29, 1.82) is 0 Å². The highest BCUT2D eigenvalue weighted by atomic mass is 16.3. The van der Waals surface area contributed by atoms with E-state index in [1.54, 1.807) is 12.4 Å². The molecule has 1 N–H and O–H groups in total. The van der Waals surface area contributed by atoms with Crippen LogP contribution in [-0.4, -0.2) is 16.2 Å². The Labute approximate surface area is 115 Å². The minimum atomic E-state index is -0.283. The van der Waals surface area contributed by atoms with Crippen LogP contribution in [0.25, 0.3) is 0 Å². The Hall–Kier alpha value is -1.67. The van der Waals surface area contributed by atoms with Crippen molar-refractivity contribution >= 4 is 0 Å². The molecule has 0 aliphatic carbocycles. The van der Waals surface area contributed by atoms with Crippen LogP contribution in [0.3, 0.4) is 0 Å². The molecule has 100 valence electrons. The second-order valence-electron chi connectivity index (χ2n) is 5.25. The van der Waals surface area contributed by atoms with Crippen LogP contribution in [0, 0.1) is 13.8 Å². The van der Waals surface area contributed by atoms with E-state index in [0.717, 1.165) is 19.3 Å². The van der Waals surface area contributed by atoms with Crippen molar-refractivity contribution in [3.63, 3.8) is 0 Å². The first kappa shape index (κ1) is 13.8. The number of pyridine rings is 1. The van der Waals surface area contributed by atoms with Crippen molar-refractivity contribution in [1.82, 2.24) is 4.98 Å². The van der Waals surface area contributed by atoms with Gasteiger partial charge in [-0.1, -0.05) is 29.3 Å². The summed E-state index contributed by atoms with van der Waals surface area (Å²) in [6, 6.07) is 10.5. The van der Waals surface area contributed by atoms with Gasteiger partial charge in [-0.15, -0.1) is 0 Å². The molecule has 0 aliphatic heterocycles. The van der Waals surface area contributed by atoms with Gasteiger partial charge in [0.2, 0.25) is 0 Å². The summed E-state index contributed by atoms with van der Waals surface area (Å²) in [7, 11) is 0. The van der Waals surface area contributed by atoms with E-state index >= 15 is 0 Å². The molecule has 1 aromatic heterocycles. The van der Waals surface area contributed by atoms with Crippen LogP contribution in [-0.2, 0) is 12.8 Å². The molecule has 0 spiro atoms. The summed E-state index contributed by atoms with van der Waals surface area (Å²) in [5, 5.41) is 10.1. The zero-order chi connectivity index (χ0) is 13.7. The highest BCUT2D eigenvalue weighted by Gasteiger charge is 2.07. The molecular formula is C17H21NO. The Bertz CT molecular complexity index is 502. The largest absolute Gasteiger partial charge is 0.393 e. The van der Waals surface area contributed by atoms with E-state index in [1.165, 1.54) is 22.3 Å². The maximum atomic E-state index is 10.1.